The number of ether oxygens (including phenoxy) is 3. The van der Waals surface area contributed by atoms with Crippen molar-refractivity contribution in [2.24, 2.45) is 11.8 Å². The van der Waals surface area contributed by atoms with Crippen LogP contribution in [0.15, 0.2) is 30.5 Å². The number of aromatic nitrogens is 1. The molecule has 1 aliphatic rings. The van der Waals surface area contributed by atoms with Gasteiger partial charge in [-0.15, -0.1) is 0 Å². The van der Waals surface area contributed by atoms with E-state index in [1.807, 2.05) is 11.0 Å². The molecule has 0 radical (unpaired) electrons. The predicted octanol–water partition coefficient (Wildman–Crippen LogP) is 3.84. The number of phenolic OH excluding ortho intramolecular Hbond substituents is 1. The Morgan fingerprint density at radius 2 is 1.84 bits per heavy atom. The molecule has 168 valence electrons. The third kappa shape index (κ3) is 5.21. The number of carbonyl (C=O) groups is 1. The molecule has 1 saturated heterocycles. The number of nitrogens with zero attached hydrogens (tertiary/aromatic N) is 2. The molecule has 1 fully saturated rings. The smallest absolute Gasteiger partial charge is 0.223 e. The van der Waals surface area contributed by atoms with E-state index in [-0.39, 0.29) is 18.1 Å². The number of pyridine rings is 1. The van der Waals surface area contributed by atoms with E-state index in [0.29, 0.717) is 34.8 Å². The molecule has 1 aromatic carbocycles. The van der Waals surface area contributed by atoms with Crippen LogP contribution in [-0.2, 0) is 4.79 Å². The van der Waals surface area contributed by atoms with Crippen molar-refractivity contribution in [1.82, 2.24) is 9.88 Å². The predicted molar refractivity (Wildman–Crippen MR) is 118 cm³/mol. The first-order chi connectivity index (χ1) is 14.9. The van der Waals surface area contributed by atoms with Gasteiger partial charge in [0.25, 0.3) is 0 Å². The first-order valence-electron chi connectivity index (χ1n) is 10.6. The van der Waals surface area contributed by atoms with Gasteiger partial charge in [-0.25, -0.2) is 4.98 Å². The highest BCUT2D eigenvalue weighted by Gasteiger charge is 2.31. The molecule has 0 aliphatic carbocycles. The number of aromatic hydroxyl groups is 1. The second kappa shape index (κ2) is 9.90. The van der Waals surface area contributed by atoms with Gasteiger partial charge in [0.2, 0.25) is 11.8 Å². The van der Waals surface area contributed by atoms with Gasteiger partial charge in [0, 0.05) is 55.4 Å². The SMILES string of the molecule is COc1cc(O)c(C(CC(=O)N2CC(C)CC(C)C2)c2ccc(OC)nc2)c(OC)c1. The topological polar surface area (TPSA) is 81.1 Å². The first kappa shape index (κ1) is 22.7. The molecule has 0 saturated carbocycles. The minimum absolute atomic E-state index is 0.0187. The molecule has 0 bridgehead atoms. The highest BCUT2D eigenvalue weighted by Crippen LogP contribution is 2.43. The Balaban J connectivity index is 2.00. The number of piperidine rings is 1. The van der Waals surface area contributed by atoms with Crippen molar-refractivity contribution in [3.05, 3.63) is 41.6 Å². The lowest BCUT2D eigenvalue weighted by Gasteiger charge is -2.36. The largest absolute Gasteiger partial charge is 0.507 e. The Bertz CT molecular complexity index is 890. The summed E-state index contributed by atoms with van der Waals surface area (Å²) in [6, 6.07) is 6.88. The van der Waals surface area contributed by atoms with Gasteiger partial charge in [-0.05, 0) is 23.8 Å². The summed E-state index contributed by atoms with van der Waals surface area (Å²) in [5.74, 6) is 2.01. The standard InChI is InChI=1S/C24H32N2O5/c1-15-8-16(2)14-26(13-15)23(28)11-19(17-6-7-22(31-5)25-12-17)24-20(27)9-18(29-3)10-21(24)30-4/h6-7,9-10,12,15-16,19,27H,8,11,13-14H2,1-5H3. The second-order valence-electron chi connectivity index (χ2n) is 8.40. The van der Waals surface area contributed by atoms with Crippen LogP contribution in [0.5, 0.6) is 23.1 Å². The molecule has 3 rings (SSSR count). The number of likely N-dealkylation sites (tertiary alicyclic amines) is 1. The molecular weight excluding hydrogens is 396 g/mol. The van der Waals surface area contributed by atoms with E-state index >= 15 is 0 Å². The molecule has 1 aliphatic heterocycles. The van der Waals surface area contributed by atoms with E-state index in [1.54, 1.807) is 25.4 Å². The lowest BCUT2D eigenvalue weighted by atomic mass is 9.86. The molecule has 0 spiro atoms. The van der Waals surface area contributed by atoms with Gasteiger partial charge < -0.3 is 24.2 Å². The van der Waals surface area contributed by atoms with Crippen LogP contribution in [0.1, 0.15) is 43.7 Å². The molecule has 31 heavy (non-hydrogen) atoms. The fourth-order valence-corrected chi connectivity index (χ4v) is 4.50. The average Bonchev–Trinajstić information content (AvgIpc) is 2.76. The zero-order chi connectivity index (χ0) is 22.5. The Hall–Kier alpha value is -2.96. The quantitative estimate of drug-likeness (QED) is 0.722. The number of methoxy groups -OCH3 is 3. The van der Waals surface area contributed by atoms with Crippen molar-refractivity contribution in [3.63, 3.8) is 0 Å². The maximum Gasteiger partial charge on any atom is 0.223 e. The van der Waals surface area contributed by atoms with Crippen molar-refractivity contribution >= 4 is 5.91 Å². The van der Waals surface area contributed by atoms with Crippen molar-refractivity contribution in [2.45, 2.75) is 32.6 Å². The number of rotatable bonds is 7. The first-order valence-corrected chi connectivity index (χ1v) is 10.6. The van der Waals surface area contributed by atoms with Gasteiger partial charge in [0.1, 0.15) is 17.2 Å². The Morgan fingerprint density at radius 3 is 2.39 bits per heavy atom. The van der Waals surface area contributed by atoms with Gasteiger partial charge in [-0.2, -0.15) is 0 Å². The lowest BCUT2D eigenvalue weighted by Crippen LogP contribution is -2.43. The number of carbonyl (C=O) groups excluding carboxylic acids is 1. The molecule has 3 atom stereocenters. The van der Waals surface area contributed by atoms with E-state index in [2.05, 4.69) is 18.8 Å². The summed E-state index contributed by atoms with van der Waals surface area (Å²) < 4.78 is 16.0. The summed E-state index contributed by atoms with van der Waals surface area (Å²) >= 11 is 0. The molecule has 3 unspecified atom stereocenters. The fraction of sp³-hybridized carbons (Fsp3) is 0.500. The molecule has 2 heterocycles. The number of hydrogen-bond donors (Lipinski definition) is 1. The zero-order valence-corrected chi connectivity index (χ0v) is 18.9. The van der Waals surface area contributed by atoms with Gasteiger partial charge in [0.15, 0.2) is 0 Å². The van der Waals surface area contributed by atoms with E-state index < -0.39 is 5.92 Å². The maximum absolute atomic E-state index is 13.3. The summed E-state index contributed by atoms with van der Waals surface area (Å²) in [6.45, 7) is 5.86. The van der Waals surface area contributed by atoms with Crippen LogP contribution in [0.2, 0.25) is 0 Å². The second-order valence-corrected chi connectivity index (χ2v) is 8.40. The maximum atomic E-state index is 13.3. The number of benzene rings is 1. The third-order valence-corrected chi connectivity index (χ3v) is 5.87. The number of hydrogen-bond acceptors (Lipinski definition) is 6. The highest BCUT2D eigenvalue weighted by molar-refractivity contribution is 5.78. The lowest BCUT2D eigenvalue weighted by molar-refractivity contribution is -0.134. The summed E-state index contributed by atoms with van der Waals surface area (Å²) in [4.78, 5) is 19.6. The number of phenols is 1. The zero-order valence-electron chi connectivity index (χ0n) is 18.9. The van der Waals surface area contributed by atoms with Gasteiger partial charge in [-0.1, -0.05) is 19.9 Å². The van der Waals surface area contributed by atoms with Crippen LogP contribution in [0.3, 0.4) is 0 Å². The molecular formula is C24H32N2O5. The Labute approximate surface area is 184 Å². The van der Waals surface area contributed by atoms with Crippen molar-refractivity contribution in [2.75, 3.05) is 34.4 Å². The molecule has 1 aromatic heterocycles. The monoisotopic (exact) mass is 428 g/mol. The van der Waals surface area contributed by atoms with Gasteiger partial charge in [0.05, 0.1) is 21.3 Å². The molecule has 7 nitrogen and oxygen atoms in total. The molecule has 1 N–H and O–H groups in total. The Morgan fingerprint density at radius 1 is 1.13 bits per heavy atom. The Kier molecular flexibility index (Phi) is 7.25. The van der Waals surface area contributed by atoms with Crippen LogP contribution in [0.25, 0.3) is 0 Å². The minimum Gasteiger partial charge on any atom is -0.507 e. The molecule has 7 heteroatoms. The van der Waals surface area contributed by atoms with E-state index in [4.69, 9.17) is 14.2 Å². The van der Waals surface area contributed by atoms with Crippen LogP contribution in [-0.4, -0.2) is 55.3 Å². The van der Waals surface area contributed by atoms with Crippen LogP contribution in [0.4, 0.5) is 0 Å². The average molecular weight is 429 g/mol. The summed E-state index contributed by atoms with van der Waals surface area (Å²) in [5, 5.41) is 10.8. The normalized spacial score (nSPS) is 19.6. The fourth-order valence-electron chi connectivity index (χ4n) is 4.50. The van der Waals surface area contributed by atoms with Crippen molar-refractivity contribution in [1.29, 1.82) is 0 Å². The number of amides is 1. The van der Waals surface area contributed by atoms with Crippen LogP contribution in [0, 0.1) is 11.8 Å². The highest BCUT2D eigenvalue weighted by atomic mass is 16.5. The van der Waals surface area contributed by atoms with E-state index in [1.165, 1.54) is 20.3 Å². The summed E-state index contributed by atoms with van der Waals surface area (Å²) in [7, 11) is 4.62. The third-order valence-electron chi connectivity index (χ3n) is 5.87. The molecule has 1 amide bonds. The van der Waals surface area contributed by atoms with Crippen molar-refractivity contribution in [3.8, 4) is 23.1 Å². The van der Waals surface area contributed by atoms with E-state index in [9.17, 15) is 9.90 Å². The summed E-state index contributed by atoms with van der Waals surface area (Å²) in [6.07, 6.45) is 3.01. The van der Waals surface area contributed by atoms with Gasteiger partial charge >= 0.3 is 0 Å². The minimum atomic E-state index is -0.431. The van der Waals surface area contributed by atoms with Crippen LogP contribution < -0.4 is 14.2 Å². The van der Waals surface area contributed by atoms with Crippen LogP contribution >= 0.6 is 0 Å². The molecule has 2 aromatic rings. The van der Waals surface area contributed by atoms with E-state index in [0.717, 1.165) is 25.1 Å². The summed E-state index contributed by atoms with van der Waals surface area (Å²) in [5.41, 5.74) is 1.34. The van der Waals surface area contributed by atoms with Crippen molar-refractivity contribution < 1.29 is 24.1 Å². The van der Waals surface area contributed by atoms with Gasteiger partial charge in [-0.3, -0.25) is 4.79 Å².